The number of nitrogens with one attached hydrogen (secondary N) is 2. The number of aliphatic carboxylic acids is 1. The van der Waals surface area contributed by atoms with Gasteiger partial charge in [-0.1, -0.05) is 25.5 Å². The van der Waals surface area contributed by atoms with E-state index in [0.29, 0.717) is 18.5 Å². The van der Waals surface area contributed by atoms with E-state index in [1.54, 1.807) is 24.3 Å². The van der Waals surface area contributed by atoms with Crippen molar-refractivity contribution in [2.45, 2.75) is 30.7 Å². The molecule has 1 rings (SSSR count). The summed E-state index contributed by atoms with van der Waals surface area (Å²) in [6.45, 7) is 1.77. The second kappa shape index (κ2) is 11.7. The van der Waals surface area contributed by atoms with E-state index in [1.807, 2.05) is 6.92 Å². The average Bonchev–Trinajstić information content (AvgIpc) is 2.50. The summed E-state index contributed by atoms with van der Waals surface area (Å²) in [5, 5.41) is 14.5. The van der Waals surface area contributed by atoms with Gasteiger partial charge >= 0.3 is 5.97 Å². The highest BCUT2D eigenvalue weighted by Crippen LogP contribution is 2.26. The molecule has 0 radical (unpaired) electrons. The van der Waals surface area contributed by atoms with E-state index in [-0.39, 0.29) is 30.6 Å². The van der Waals surface area contributed by atoms with Gasteiger partial charge in [-0.25, -0.2) is 0 Å². The van der Waals surface area contributed by atoms with Crippen molar-refractivity contribution < 1.29 is 19.5 Å². The lowest BCUT2D eigenvalue weighted by Gasteiger charge is -2.14. The number of carboxylic acid groups (broad SMARTS) is 1. The van der Waals surface area contributed by atoms with Crippen LogP contribution in [0.2, 0.25) is 0 Å². The third kappa shape index (κ3) is 8.19. The first kappa shape index (κ1) is 22.2. The minimum Gasteiger partial charge on any atom is -0.480 e. The van der Waals surface area contributed by atoms with Crippen molar-refractivity contribution in [1.82, 2.24) is 5.32 Å². The Morgan fingerprint density at radius 3 is 2.54 bits per heavy atom. The number of anilines is 1. The Kier molecular flexibility index (Phi) is 10.9. The number of primary amides is 1. The van der Waals surface area contributed by atoms with Crippen molar-refractivity contribution in [1.29, 1.82) is 0 Å². The smallest absolute Gasteiger partial charge is 0.320 e. The van der Waals surface area contributed by atoms with Crippen LogP contribution in [0.4, 0.5) is 5.69 Å². The first-order valence-electron chi connectivity index (χ1n) is 7.20. The number of nitrogens with two attached hydrogens (primary N) is 1. The summed E-state index contributed by atoms with van der Waals surface area (Å²) in [6, 6.07) is 6.29. The van der Waals surface area contributed by atoms with Gasteiger partial charge in [0.2, 0.25) is 11.8 Å². The Bertz CT molecular complexity index is 571. The van der Waals surface area contributed by atoms with Gasteiger partial charge in [0.05, 0.1) is 18.0 Å². The summed E-state index contributed by atoms with van der Waals surface area (Å²) in [6.07, 6.45) is 1.16. The highest BCUT2D eigenvalue weighted by atomic mass is 35.5. The molecule has 7 nitrogen and oxygen atoms in total. The zero-order chi connectivity index (χ0) is 17.2. The van der Waals surface area contributed by atoms with E-state index in [9.17, 15) is 14.4 Å². The summed E-state index contributed by atoms with van der Waals surface area (Å²) >= 11 is 1.23. The van der Waals surface area contributed by atoms with E-state index in [0.717, 1.165) is 4.90 Å². The summed E-state index contributed by atoms with van der Waals surface area (Å²) < 4.78 is 0. The van der Waals surface area contributed by atoms with Crippen LogP contribution in [0.25, 0.3) is 0 Å². The maximum absolute atomic E-state index is 12.0. The standard InChI is InChI=1S/C15H21N3O4S.ClH/c1-2-5-11(15(21)22)17-8-14(20)18-10-6-3-4-7-12(10)23-9-13(16)19;/h3-4,6-7,11,17H,2,5,8-9H2,1H3,(H2,16,19)(H,18,20)(H,21,22);1H. The number of halogens is 1. The van der Waals surface area contributed by atoms with Crippen molar-refractivity contribution in [3.63, 3.8) is 0 Å². The van der Waals surface area contributed by atoms with Crippen molar-refractivity contribution >= 4 is 47.6 Å². The molecule has 1 unspecified atom stereocenters. The molecular formula is C15H22ClN3O4S. The SMILES string of the molecule is CCCC(NCC(=O)Nc1ccccc1SCC(N)=O)C(=O)O.Cl. The molecule has 1 aromatic carbocycles. The number of carboxylic acids is 1. The van der Waals surface area contributed by atoms with Gasteiger partial charge in [0.1, 0.15) is 6.04 Å². The second-order valence-electron chi connectivity index (χ2n) is 4.86. The molecule has 0 aromatic heterocycles. The fourth-order valence-electron chi connectivity index (χ4n) is 1.86. The summed E-state index contributed by atoms with van der Waals surface area (Å²) in [7, 11) is 0. The van der Waals surface area contributed by atoms with Crippen LogP contribution in [0.3, 0.4) is 0 Å². The fourth-order valence-corrected chi connectivity index (χ4v) is 2.60. The lowest BCUT2D eigenvalue weighted by molar-refractivity contribution is -0.139. The first-order chi connectivity index (χ1) is 10.9. The predicted molar refractivity (Wildman–Crippen MR) is 96.6 cm³/mol. The van der Waals surface area contributed by atoms with Crippen LogP contribution < -0.4 is 16.4 Å². The molecule has 0 aliphatic rings. The van der Waals surface area contributed by atoms with Crippen LogP contribution in [0.5, 0.6) is 0 Å². The lowest BCUT2D eigenvalue weighted by Crippen LogP contribution is -2.41. The van der Waals surface area contributed by atoms with E-state index < -0.39 is 17.9 Å². The van der Waals surface area contributed by atoms with Gasteiger partial charge in [-0.2, -0.15) is 0 Å². The van der Waals surface area contributed by atoms with Gasteiger partial charge in [0.15, 0.2) is 0 Å². The Labute approximate surface area is 151 Å². The zero-order valence-electron chi connectivity index (χ0n) is 13.3. The molecule has 0 saturated heterocycles. The predicted octanol–water partition coefficient (Wildman–Crippen LogP) is 1.47. The zero-order valence-corrected chi connectivity index (χ0v) is 14.9. The number of benzene rings is 1. The lowest BCUT2D eigenvalue weighted by atomic mass is 10.2. The van der Waals surface area contributed by atoms with E-state index in [2.05, 4.69) is 10.6 Å². The van der Waals surface area contributed by atoms with Crippen LogP contribution in [0.15, 0.2) is 29.2 Å². The number of rotatable bonds is 10. The maximum Gasteiger partial charge on any atom is 0.320 e. The fraction of sp³-hybridized carbons (Fsp3) is 0.400. The molecule has 0 fully saturated rings. The van der Waals surface area contributed by atoms with E-state index in [4.69, 9.17) is 10.8 Å². The number of carbonyl (C=O) groups excluding carboxylic acids is 2. The van der Waals surface area contributed by atoms with Crippen LogP contribution in [0.1, 0.15) is 19.8 Å². The second-order valence-corrected chi connectivity index (χ2v) is 5.88. The Morgan fingerprint density at radius 2 is 1.96 bits per heavy atom. The van der Waals surface area contributed by atoms with Crippen molar-refractivity contribution in [3.8, 4) is 0 Å². The maximum atomic E-state index is 12.0. The quantitative estimate of drug-likeness (QED) is 0.459. The largest absolute Gasteiger partial charge is 0.480 e. The third-order valence-corrected chi connectivity index (χ3v) is 4.01. The summed E-state index contributed by atoms with van der Waals surface area (Å²) in [4.78, 5) is 34.6. The molecule has 0 heterocycles. The van der Waals surface area contributed by atoms with Gasteiger partial charge in [-0.05, 0) is 18.6 Å². The first-order valence-corrected chi connectivity index (χ1v) is 8.18. The monoisotopic (exact) mass is 375 g/mol. The summed E-state index contributed by atoms with van der Waals surface area (Å²) in [5.41, 5.74) is 5.68. The molecule has 0 spiro atoms. The van der Waals surface area contributed by atoms with Crippen molar-refractivity contribution in [2.75, 3.05) is 17.6 Å². The third-order valence-electron chi connectivity index (χ3n) is 2.92. The molecule has 0 aliphatic carbocycles. The van der Waals surface area contributed by atoms with E-state index >= 15 is 0 Å². The molecule has 5 N–H and O–H groups in total. The average molecular weight is 376 g/mol. The molecule has 24 heavy (non-hydrogen) atoms. The van der Waals surface area contributed by atoms with Crippen LogP contribution in [-0.4, -0.2) is 41.2 Å². The van der Waals surface area contributed by atoms with Gasteiger partial charge in [-0.3, -0.25) is 19.7 Å². The highest BCUT2D eigenvalue weighted by Gasteiger charge is 2.17. The highest BCUT2D eigenvalue weighted by molar-refractivity contribution is 8.00. The Morgan fingerprint density at radius 1 is 1.29 bits per heavy atom. The molecule has 1 atom stereocenters. The molecule has 2 amide bonds. The molecule has 9 heteroatoms. The topological polar surface area (TPSA) is 122 Å². The van der Waals surface area contributed by atoms with Crippen LogP contribution >= 0.6 is 24.2 Å². The molecule has 0 bridgehead atoms. The van der Waals surface area contributed by atoms with Gasteiger partial charge in [0.25, 0.3) is 0 Å². The van der Waals surface area contributed by atoms with Crippen LogP contribution in [0, 0.1) is 0 Å². The number of para-hydroxylation sites is 1. The molecular weight excluding hydrogens is 354 g/mol. The van der Waals surface area contributed by atoms with Crippen molar-refractivity contribution in [3.05, 3.63) is 24.3 Å². The number of thioether (sulfide) groups is 1. The Balaban J connectivity index is 0.00000529. The minimum atomic E-state index is -0.975. The van der Waals surface area contributed by atoms with Gasteiger partial charge in [0, 0.05) is 4.90 Å². The Hall–Kier alpha value is -1.77. The molecule has 134 valence electrons. The van der Waals surface area contributed by atoms with E-state index in [1.165, 1.54) is 11.8 Å². The number of hydrogen-bond donors (Lipinski definition) is 4. The normalized spacial score (nSPS) is 11.2. The van der Waals surface area contributed by atoms with Gasteiger partial charge in [-0.15, -0.1) is 24.2 Å². The van der Waals surface area contributed by atoms with Gasteiger partial charge < -0.3 is 16.2 Å². The minimum absolute atomic E-state index is 0. The molecule has 0 saturated carbocycles. The number of hydrogen-bond acceptors (Lipinski definition) is 5. The summed E-state index contributed by atoms with van der Waals surface area (Å²) in [5.74, 6) is -1.65. The molecule has 1 aromatic rings. The number of carbonyl (C=O) groups is 3. The molecule has 0 aliphatic heterocycles. The number of amides is 2. The van der Waals surface area contributed by atoms with Crippen LogP contribution in [-0.2, 0) is 14.4 Å². The van der Waals surface area contributed by atoms with Crippen molar-refractivity contribution in [2.24, 2.45) is 5.73 Å².